The van der Waals surface area contributed by atoms with E-state index in [1.54, 1.807) is 29.2 Å². The molecule has 2 saturated heterocycles. The van der Waals surface area contributed by atoms with E-state index in [1.807, 2.05) is 0 Å². The van der Waals surface area contributed by atoms with Gasteiger partial charge in [-0.3, -0.25) is 19.0 Å². The number of benzene rings is 1. The van der Waals surface area contributed by atoms with Gasteiger partial charge in [0.15, 0.2) is 5.58 Å². The number of aromatic nitrogens is 1. The molecule has 1 aromatic carbocycles. The van der Waals surface area contributed by atoms with Crippen LogP contribution in [0.5, 0.6) is 0 Å². The maximum atomic E-state index is 12.7. The lowest BCUT2D eigenvalue weighted by Gasteiger charge is -2.36. The Morgan fingerprint density at radius 2 is 2.00 bits per heavy atom. The molecule has 4 rings (SSSR count). The van der Waals surface area contributed by atoms with Crippen LogP contribution in [0.15, 0.2) is 33.5 Å². The van der Waals surface area contributed by atoms with E-state index >= 15 is 0 Å². The molecule has 142 valence electrons. The van der Waals surface area contributed by atoms with E-state index in [9.17, 15) is 19.2 Å². The summed E-state index contributed by atoms with van der Waals surface area (Å²) in [6, 6.07) is 6.69. The lowest BCUT2D eigenvalue weighted by atomic mass is 10.1. The van der Waals surface area contributed by atoms with Crippen molar-refractivity contribution >= 4 is 28.8 Å². The van der Waals surface area contributed by atoms with E-state index in [4.69, 9.17) is 4.42 Å². The second-order valence-electron chi connectivity index (χ2n) is 7.03. The number of rotatable bonds is 3. The number of para-hydroxylation sites is 2. The fourth-order valence-electron chi connectivity index (χ4n) is 3.95. The molecule has 3 amide bonds. The van der Waals surface area contributed by atoms with Crippen molar-refractivity contribution in [3.63, 3.8) is 0 Å². The number of carbonyl (C=O) groups excluding carboxylic acids is 3. The van der Waals surface area contributed by atoms with Gasteiger partial charge in [0.2, 0.25) is 17.7 Å². The molecule has 2 aliphatic rings. The largest absolute Gasteiger partial charge is 0.420 e. The third kappa shape index (κ3) is 3.20. The fraction of sp³-hybridized carbons (Fsp3) is 0.444. The molecule has 1 N–H and O–H groups in total. The molecule has 0 radical (unpaired) electrons. The Bertz CT molecular complexity index is 978. The van der Waals surface area contributed by atoms with Gasteiger partial charge in [-0.15, -0.1) is 0 Å². The molecule has 9 nitrogen and oxygen atoms in total. The smallest absolute Gasteiger partial charge is 0.408 e. The third-order valence-electron chi connectivity index (χ3n) is 5.12. The second-order valence-corrected chi connectivity index (χ2v) is 7.03. The molecule has 3 heterocycles. The predicted octanol–water partition coefficient (Wildman–Crippen LogP) is -0.458. The summed E-state index contributed by atoms with van der Waals surface area (Å²) in [4.78, 5) is 51.7. The molecule has 0 saturated carbocycles. The molecule has 0 unspecified atom stereocenters. The third-order valence-corrected chi connectivity index (χ3v) is 5.12. The summed E-state index contributed by atoms with van der Waals surface area (Å²) in [5.74, 6) is -1.18. The first-order valence-electron chi connectivity index (χ1n) is 8.85. The van der Waals surface area contributed by atoms with Gasteiger partial charge in [0.05, 0.1) is 18.1 Å². The lowest BCUT2D eigenvalue weighted by molar-refractivity contribution is -0.147. The maximum Gasteiger partial charge on any atom is 0.420 e. The van der Waals surface area contributed by atoms with Crippen molar-refractivity contribution in [2.45, 2.75) is 32.0 Å². The minimum atomic E-state index is -0.596. The predicted molar refractivity (Wildman–Crippen MR) is 94.8 cm³/mol. The molecule has 2 fully saturated rings. The summed E-state index contributed by atoms with van der Waals surface area (Å²) in [7, 11) is 0. The zero-order chi connectivity index (χ0) is 19.1. The fourth-order valence-corrected chi connectivity index (χ4v) is 3.95. The minimum absolute atomic E-state index is 0.0212. The first-order chi connectivity index (χ1) is 12.9. The SMILES string of the molecule is CC(=O)N[C@H]1C[C@H]2CN(C(=O)Cn3c(=O)oc4ccccc43)CC(=O)N2C1. The number of hydrogen-bond donors (Lipinski definition) is 1. The molecule has 2 atom stereocenters. The summed E-state index contributed by atoms with van der Waals surface area (Å²) in [6.07, 6.45) is 0.615. The van der Waals surface area contributed by atoms with Gasteiger partial charge < -0.3 is 19.5 Å². The van der Waals surface area contributed by atoms with Crippen LogP contribution in [-0.4, -0.2) is 63.8 Å². The van der Waals surface area contributed by atoms with E-state index in [-0.39, 0.29) is 42.9 Å². The minimum Gasteiger partial charge on any atom is -0.408 e. The Balaban J connectivity index is 1.48. The first-order valence-corrected chi connectivity index (χ1v) is 8.85. The number of piperazine rings is 1. The highest BCUT2D eigenvalue weighted by Crippen LogP contribution is 2.23. The highest BCUT2D eigenvalue weighted by Gasteiger charge is 2.41. The molecule has 1 aromatic heterocycles. The summed E-state index contributed by atoms with van der Waals surface area (Å²) in [6.45, 7) is 2.11. The Morgan fingerprint density at radius 3 is 2.78 bits per heavy atom. The summed E-state index contributed by atoms with van der Waals surface area (Å²) in [5, 5.41) is 2.83. The van der Waals surface area contributed by atoms with Gasteiger partial charge in [0, 0.05) is 26.1 Å². The molecule has 9 heteroatoms. The number of fused-ring (bicyclic) bond motifs is 2. The highest BCUT2D eigenvalue weighted by atomic mass is 16.4. The Morgan fingerprint density at radius 1 is 1.22 bits per heavy atom. The van der Waals surface area contributed by atoms with Gasteiger partial charge in [-0.1, -0.05) is 12.1 Å². The van der Waals surface area contributed by atoms with Crippen LogP contribution in [0.1, 0.15) is 13.3 Å². The zero-order valence-electron chi connectivity index (χ0n) is 14.9. The van der Waals surface area contributed by atoms with Gasteiger partial charge in [0.1, 0.15) is 6.54 Å². The number of amides is 3. The van der Waals surface area contributed by atoms with E-state index in [2.05, 4.69) is 5.32 Å². The molecule has 2 aliphatic heterocycles. The molecule has 27 heavy (non-hydrogen) atoms. The van der Waals surface area contributed by atoms with Crippen LogP contribution < -0.4 is 11.1 Å². The molecular weight excluding hydrogens is 352 g/mol. The van der Waals surface area contributed by atoms with Crippen LogP contribution in [0.25, 0.3) is 11.1 Å². The molecule has 0 spiro atoms. The van der Waals surface area contributed by atoms with Gasteiger partial charge in [-0.25, -0.2) is 4.79 Å². The van der Waals surface area contributed by atoms with Gasteiger partial charge >= 0.3 is 5.76 Å². The summed E-state index contributed by atoms with van der Waals surface area (Å²) < 4.78 is 6.43. The van der Waals surface area contributed by atoms with Crippen LogP contribution in [0.4, 0.5) is 0 Å². The molecular formula is C18H20N4O5. The van der Waals surface area contributed by atoms with Crippen LogP contribution in [0.2, 0.25) is 0 Å². The quantitative estimate of drug-likeness (QED) is 0.785. The average Bonchev–Trinajstić information content (AvgIpc) is 3.15. The van der Waals surface area contributed by atoms with E-state index < -0.39 is 5.76 Å². The Kier molecular flexibility index (Phi) is 4.21. The topological polar surface area (TPSA) is 105 Å². The number of carbonyl (C=O) groups is 3. The van der Waals surface area contributed by atoms with Crippen LogP contribution in [0.3, 0.4) is 0 Å². The van der Waals surface area contributed by atoms with Crippen molar-refractivity contribution in [1.29, 1.82) is 0 Å². The van der Waals surface area contributed by atoms with E-state index in [0.717, 1.165) is 0 Å². The Labute approximate surface area is 154 Å². The van der Waals surface area contributed by atoms with Crippen molar-refractivity contribution in [1.82, 2.24) is 19.7 Å². The molecule has 0 aliphatic carbocycles. The second kappa shape index (κ2) is 6.57. The van der Waals surface area contributed by atoms with E-state index in [0.29, 0.717) is 30.6 Å². The highest BCUT2D eigenvalue weighted by molar-refractivity contribution is 5.87. The summed E-state index contributed by atoms with van der Waals surface area (Å²) in [5.41, 5.74) is 0.970. The number of hydrogen-bond acceptors (Lipinski definition) is 5. The van der Waals surface area contributed by atoms with Crippen LogP contribution in [0, 0.1) is 0 Å². The molecule has 2 aromatic rings. The zero-order valence-corrected chi connectivity index (χ0v) is 14.9. The van der Waals surface area contributed by atoms with Crippen molar-refractivity contribution in [3.8, 4) is 0 Å². The van der Waals surface area contributed by atoms with Crippen molar-refractivity contribution in [2.75, 3.05) is 19.6 Å². The number of nitrogens with one attached hydrogen (secondary N) is 1. The van der Waals surface area contributed by atoms with Gasteiger partial charge in [0.25, 0.3) is 0 Å². The number of oxazole rings is 1. The summed E-state index contributed by atoms with van der Waals surface area (Å²) >= 11 is 0. The van der Waals surface area contributed by atoms with Crippen molar-refractivity contribution in [2.24, 2.45) is 0 Å². The molecule has 0 bridgehead atoms. The van der Waals surface area contributed by atoms with E-state index in [1.165, 1.54) is 16.4 Å². The monoisotopic (exact) mass is 372 g/mol. The van der Waals surface area contributed by atoms with Crippen molar-refractivity contribution < 1.29 is 18.8 Å². The average molecular weight is 372 g/mol. The standard InChI is InChI=1S/C18H20N4O5/c1-11(23)19-12-6-13-8-20(9-17(25)21(13)7-12)16(24)10-22-14-4-2-3-5-15(14)27-18(22)26/h2-5,12-13H,6-10H2,1H3,(H,19,23)/t12-,13-/m0/s1. The maximum absolute atomic E-state index is 12.7. The normalized spacial score (nSPS) is 22.2. The van der Waals surface area contributed by atoms with Crippen molar-refractivity contribution in [3.05, 3.63) is 34.8 Å². The lowest BCUT2D eigenvalue weighted by Crippen LogP contribution is -2.56. The first kappa shape index (κ1) is 17.3. The van der Waals surface area contributed by atoms with Gasteiger partial charge in [-0.2, -0.15) is 0 Å². The number of nitrogens with zero attached hydrogens (tertiary/aromatic N) is 3. The van der Waals surface area contributed by atoms with Crippen LogP contribution in [-0.2, 0) is 20.9 Å². The van der Waals surface area contributed by atoms with Crippen LogP contribution >= 0.6 is 0 Å². The van der Waals surface area contributed by atoms with Gasteiger partial charge in [-0.05, 0) is 18.6 Å². The Hall–Kier alpha value is -3.10.